The van der Waals surface area contributed by atoms with Gasteiger partial charge in [0.25, 0.3) is 0 Å². The summed E-state index contributed by atoms with van der Waals surface area (Å²) in [7, 11) is 1.86. The van der Waals surface area contributed by atoms with Crippen LogP contribution in [-0.4, -0.2) is 35.0 Å². The molecule has 8 heteroatoms. The number of anilines is 2. The average molecular weight is 409 g/mol. The number of hydrogen-bond acceptors (Lipinski definition) is 4. The predicted molar refractivity (Wildman–Crippen MR) is 114 cm³/mol. The van der Waals surface area contributed by atoms with E-state index in [0.29, 0.717) is 24.0 Å². The molecule has 0 bridgehead atoms. The minimum absolute atomic E-state index is 0.356. The predicted octanol–water partition coefficient (Wildman–Crippen LogP) is 4.00. The number of ether oxygens (including phenoxy) is 1. The van der Waals surface area contributed by atoms with Crippen molar-refractivity contribution in [1.82, 2.24) is 15.1 Å². The lowest BCUT2D eigenvalue weighted by Gasteiger charge is -2.27. The lowest BCUT2D eigenvalue weighted by molar-refractivity contribution is 0.253. The number of nitrogens with zero attached hydrogens (tertiary/aromatic N) is 2. The van der Waals surface area contributed by atoms with Crippen molar-refractivity contribution >= 4 is 17.4 Å². The molecule has 2 aromatic carbocycles. The maximum Gasteiger partial charge on any atom is 0.323 e. The summed E-state index contributed by atoms with van der Waals surface area (Å²) in [6.07, 6.45) is 3.85. The number of amides is 2. The number of hydrogen-bond donors (Lipinski definition) is 3. The molecule has 1 aromatic heterocycles. The Labute approximate surface area is 174 Å². The molecule has 1 saturated heterocycles. The molecule has 156 valence electrons. The van der Waals surface area contributed by atoms with Gasteiger partial charge in [0.15, 0.2) is 0 Å². The van der Waals surface area contributed by atoms with Crippen molar-refractivity contribution in [2.24, 2.45) is 7.05 Å². The topological polar surface area (TPSA) is 80.2 Å². The lowest BCUT2D eigenvalue weighted by atomic mass is 10.0. The quantitative estimate of drug-likeness (QED) is 0.551. The first-order chi connectivity index (χ1) is 14.6. The van der Waals surface area contributed by atoms with Crippen LogP contribution in [0, 0.1) is 5.82 Å². The number of aromatic nitrogens is 2. The highest BCUT2D eigenvalue weighted by atomic mass is 19.1. The molecule has 1 atom stereocenters. The third kappa shape index (κ3) is 4.77. The van der Waals surface area contributed by atoms with Crippen LogP contribution in [0.15, 0.2) is 54.7 Å². The Balaban J connectivity index is 1.48. The van der Waals surface area contributed by atoms with Gasteiger partial charge in [0.05, 0.1) is 12.3 Å². The van der Waals surface area contributed by atoms with Crippen LogP contribution in [-0.2, 0) is 7.05 Å². The molecule has 1 aliphatic rings. The van der Waals surface area contributed by atoms with Crippen LogP contribution in [0.4, 0.5) is 20.6 Å². The van der Waals surface area contributed by atoms with Crippen LogP contribution < -0.4 is 20.7 Å². The molecule has 1 aliphatic heterocycles. The summed E-state index contributed by atoms with van der Waals surface area (Å²) in [5, 5.41) is 13.1. The van der Waals surface area contributed by atoms with Crippen molar-refractivity contribution < 1.29 is 13.9 Å². The monoisotopic (exact) mass is 409 g/mol. The summed E-state index contributed by atoms with van der Waals surface area (Å²) < 4.78 is 20.8. The van der Waals surface area contributed by atoms with Crippen molar-refractivity contribution in [3.8, 4) is 17.0 Å². The van der Waals surface area contributed by atoms with Crippen LogP contribution in [0.5, 0.6) is 5.75 Å². The van der Waals surface area contributed by atoms with E-state index in [0.717, 1.165) is 30.0 Å². The summed E-state index contributed by atoms with van der Waals surface area (Å²) in [5.41, 5.74) is 2.84. The summed E-state index contributed by atoms with van der Waals surface area (Å²) in [6.45, 7) is 1.69. The summed E-state index contributed by atoms with van der Waals surface area (Å²) >= 11 is 0. The van der Waals surface area contributed by atoms with Gasteiger partial charge in [0.1, 0.15) is 11.6 Å². The normalized spacial score (nSPS) is 15.3. The lowest BCUT2D eigenvalue weighted by Crippen LogP contribution is -2.43. The van der Waals surface area contributed by atoms with E-state index >= 15 is 0 Å². The van der Waals surface area contributed by atoms with E-state index in [1.165, 1.54) is 30.7 Å². The molecule has 7 nitrogen and oxygen atoms in total. The van der Waals surface area contributed by atoms with E-state index in [1.54, 1.807) is 16.9 Å². The van der Waals surface area contributed by atoms with E-state index < -0.39 is 6.03 Å². The highest BCUT2D eigenvalue weighted by Crippen LogP contribution is 2.32. The van der Waals surface area contributed by atoms with Crippen LogP contribution in [0.1, 0.15) is 12.8 Å². The second kappa shape index (κ2) is 8.96. The first-order valence-corrected chi connectivity index (χ1v) is 9.91. The minimum Gasteiger partial charge on any atom is -0.493 e. The number of halogens is 1. The fraction of sp³-hybridized carbons (Fsp3) is 0.273. The SMILES string of the molecule is Cn1nccc1-c1cc(NC(=O)Nc2ccc(F)cc2)ccc1OCCC1CCN1. The Morgan fingerprint density at radius 3 is 2.60 bits per heavy atom. The molecule has 3 N–H and O–H groups in total. The van der Waals surface area contributed by atoms with Gasteiger partial charge < -0.3 is 20.7 Å². The fourth-order valence-electron chi connectivity index (χ4n) is 3.30. The molecule has 2 heterocycles. The van der Waals surface area contributed by atoms with Gasteiger partial charge in [-0.3, -0.25) is 4.68 Å². The molecule has 1 fully saturated rings. The minimum atomic E-state index is -0.415. The van der Waals surface area contributed by atoms with Crippen molar-refractivity contribution in [3.05, 3.63) is 60.5 Å². The number of nitrogens with one attached hydrogen (secondary N) is 3. The molecule has 4 rings (SSSR count). The van der Waals surface area contributed by atoms with Gasteiger partial charge in [0, 0.05) is 36.2 Å². The largest absolute Gasteiger partial charge is 0.493 e. The van der Waals surface area contributed by atoms with Crippen LogP contribution in [0.25, 0.3) is 11.3 Å². The number of benzene rings is 2. The highest BCUT2D eigenvalue weighted by Gasteiger charge is 2.17. The molecule has 0 spiro atoms. The molecule has 30 heavy (non-hydrogen) atoms. The maximum atomic E-state index is 13.0. The van der Waals surface area contributed by atoms with E-state index in [9.17, 15) is 9.18 Å². The van der Waals surface area contributed by atoms with Gasteiger partial charge in [-0.1, -0.05) is 0 Å². The Bertz CT molecular complexity index is 1010. The Morgan fingerprint density at radius 2 is 1.93 bits per heavy atom. The standard InChI is InChI=1S/C22H24FN5O2/c1-28-20(9-12-25-28)19-14-18(6-7-21(19)30-13-10-16-8-11-24-16)27-22(29)26-17-4-2-15(23)3-5-17/h2-7,9,12,14,16,24H,8,10-11,13H2,1H3,(H2,26,27,29). The maximum absolute atomic E-state index is 13.0. The molecule has 0 radical (unpaired) electrons. The van der Waals surface area contributed by atoms with Gasteiger partial charge in [0.2, 0.25) is 0 Å². The molecular formula is C22H24FN5O2. The Morgan fingerprint density at radius 1 is 1.20 bits per heavy atom. The number of carbonyl (C=O) groups is 1. The summed E-state index contributed by atoms with van der Waals surface area (Å²) in [6, 6.07) is 13.1. The number of aryl methyl sites for hydroxylation is 1. The third-order valence-electron chi connectivity index (χ3n) is 5.09. The molecule has 0 saturated carbocycles. The molecule has 0 aliphatic carbocycles. The molecule has 1 unspecified atom stereocenters. The molecular weight excluding hydrogens is 385 g/mol. The van der Waals surface area contributed by atoms with Gasteiger partial charge in [-0.25, -0.2) is 9.18 Å². The van der Waals surface area contributed by atoms with E-state index in [2.05, 4.69) is 21.0 Å². The van der Waals surface area contributed by atoms with Gasteiger partial charge >= 0.3 is 6.03 Å². The molecule has 2 amide bonds. The van der Waals surface area contributed by atoms with Crippen LogP contribution in [0.2, 0.25) is 0 Å². The van der Waals surface area contributed by atoms with Crippen LogP contribution >= 0.6 is 0 Å². The smallest absolute Gasteiger partial charge is 0.323 e. The fourth-order valence-corrected chi connectivity index (χ4v) is 3.30. The first kappa shape index (κ1) is 19.9. The van der Waals surface area contributed by atoms with E-state index in [1.807, 2.05) is 25.2 Å². The molecule has 3 aromatic rings. The first-order valence-electron chi connectivity index (χ1n) is 9.91. The summed E-state index contributed by atoms with van der Waals surface area (Å²) in [4.78, 5) is 12.3. The third-order valence-corrected chi connectivity index (χ3v) is 5.09. The van der Waals surface area contributed by atoms with E-state index in [-0.39, 0.29) is 5.82 Å². The van der Waals surface area contributed by atoms with Gasteiger partial charge in [-0.2, -0.15) is 5.10 Å². The van der Waals surface area contributed by atoms with Gasteiger partial charge in [-0.05, 0) is 67.9 Å². The second-order valence-electron chi connectivity index (χ2n) is 7.21. The average Bonchev–Trinajstić information content (AvgIpc) is 3.12. The zero-order chi connectivity index (χ0) is 20.9. The van der Waals surface area contributed by atoms with E-state index in [4.69, 9.17) is 4.74 Å². The van der Waals surface area contributed by atoms with Crippen molar-refractivity contribution in [2.45, 2.75) is 18.9 Å². The number of rotatable bonds is 7. The summed E-state index contributed by atoms with van der Waals surface area (Å²) in [5.74, 6) is 0.382. The van der Waals surface area contributed by atoms with Gasteiger partial charge in [-0.15, -0.1) is 0 Å². The second-order valence-corrected chi connectivity index (χ2v) is 7.21. The Kier molecular flexibility index (Phi) is 5.94. The van der Waals surface area contributed by atoms with Crippen molar-refractivity contribution in [2.75, 3.05) is 23.8 Å². The zero-order valence-corrected chi connectivity index (χ0v) is 16.7. The van der Waals surface area contributed by atoms with Crippen molar-refractivity contribution in [1.29, 1.82) is 0 Å². The highest BCUT2D eigenvalue weighted by molar-refractivity contribution is 6.00. The zero-order valence-electron chi connectivity index (χ0n) is 16.7. The van der Waals surface area contributed by atoms with Crippen LogP contribution in [0.3, 0.4) is 0 Å². The number of urea groups is 1. The Hall–Kier alpha value is -3.39. The number of carbonyl (C=O) groups excluding carboxylic acids is 1. The van der Waals surface area contributed by atoms with Crippen molar-refractivity contribution in [3.63, 3.8) is 0 Å².